The number of rotatable bonds is 8. The molecule has 6 heteroatoms. The lowest BCUT2D eigenvalue weighted by molar-refractivity contribution is -0.137. The standard InChI is InChI=1S/C25H27N3O2S/c1-3-28(4-2)17-12-13-20-22(15-17)31-23-16-21(26-14-8-7-11-24(29)30)18-9-5-6-10-19(18)25(23)27-20/h5-6,9-10,12-13,15-16H,3-4,7-8,11,14H2,1-2H3,(H,29,30)/b26-21-. The van der Waals surface area contributed by atoms with Crippen molar-refractivity contribution in [1.82, 2.24) is 4.98 Å². The molecule has 0 amide bonds. The first kappa shape index (κ1) is 21.2. The molecule has 160 valence electrons. The Labute approximate surface area is 186 Å². The highest BCUT2D eigenvalue weighted by atomic mass is 32.1. The van der Waals surface area contributed by atoms with E-state index >= 15 is 0 Å². The second-order valence-electron chi connectivity index (χ2n) is 7.56. The first-order chi connectivity index (χ1) is 15.1. The van der Waals surface area contributed by atoms with Crippen LogP contribution in [-0.2, 0) is 4.79 Å². The molecule has 2 aromatic rings. The van der Waals surface area contributed by atoms with Crippen molar-refractivity contribution in [1.29, 1.82) is 0 Å². The largest absolute Gasteiger partial charge is 0.481 e. The van der Waals surface area contributed by atoms with Gasteiger partial charge in [-0.1, -0.05) is 24.3 Å². The van der Waals surface area contributed by atoms with Gasteiger partial charge in [-0.2, -0.15) is 0 Å². The van der Waals surface area contributed by atoms with Crippen LogP contribution in [0.2, 0.25) is 0 Å². The van der Waals surface area contributed by atoms with Crippen molar-refractivity contribution < 1.29 is 9.90 Å². The minimum Gasteiger partial charge on any atom is -0.481 e. The number of anilines is 1. The molecule has 0 saturated heterocycles. The van der Waals surface area contributed by atoms with E-state index in [0.717, 1.165) is 51.7 Å². The average Bonchev–Trinajstić information content (AvgIpc) is 2.78. The molecule has 0 atom stereocenters. The van der Waals surface area contributed by atoms with Gasteiger partial charge in [0.25, 0.3) is 0 Å². The van der Waals surface area contributed by atoms with Crippen molar-refractivity contribution in [2.24, 2.45) is 4.99 Å². The molecule has 2 aromatic carbocycles. The van der Waals surface area contributed by atoms with Gasteiger partial charge in [0, 0.05) is 42.5 Å². The first-order valence-electron chi connectivity index (χ1n) is 10.8. The summed E-state index contributed by atoms with van der Waals surface area (Å²) >= 11 is 1.75. The van der Waals surface area contributed by atoms with Gasteiger partial charge >= 0.3 is 5.97 Å². The lowest BCUT2D eigenvalue weighted by Gasteiger charge is -2.21. The first-order valence-corrected chi connectivity index (χ1v) is 11.7. The number of aromatic nitrogens is 1. The number of carboxylic acids is 1. The normalized spacial score (nSPS) is 12.1. The van der Waals surface area contributed by atoms with Crippen molar-refractivity contribution >= 4 is 44.0 Å². The molecule has 2 aliphatic rings. The Morgan fingerprint density at radius 1 is 1.06 bits per heavy atom. The second-order valence-corrected chi connectivity index (χ2v) is 8.64. The number of carbonyl (C=O) groups is 1. The zero-order valence-corrected chi connectivity index (χ0v) is 18.8. The molecule has 1 N–H and O–H groups in total. The van der Waals surface area contributed by atoms with Gasteiger partial charge in [0.05, 0.1) is 26.1 Å². The number of aliphatic carboxylic acids is 1. The van der Waals surface area contributed by atoms with Crippen molar-refractivity contribution in [3.05, 3.63) is 53.9 Å². The van der Waals surface area contributed by atoms with E-state index in [1.54, 1.807) is 11.3 Å². The van der Waals surface area contributed by atoms with E-state index < -0.39 is 5.97 Å². The molecule has 0 unspecified atom stereocenters. The molecule has 5 nitrogen and oxygen atoms in total. The SMILES string of the molecule is CCN(CC)c1ccc2nc3c4ccccc4/c(=N\CCCCC(=O)O)cc-3sc2c1. The van der Waals surface area contributed by atoms with Crippen LogP contribution in [0, 0.1) is 0 Å². The lowest BCUT2D eigenvalue weighted by atomic mass is 10.1. The van der Waals surface area contributed by atoms with Gasteiger partial charge in [0.1, 0.15) is 0 Å². The summed E-state index contributed by atoms with van der Waals surface area (Å²) in [6, 6.07) is 16.9. The maximum absolute atomic E-state index is 10.7. The van der Waals surface area contributed by atoms with E-state index in [1.165, 1.54) is 10.4 Å². The van der Waals surface area contributed by atoms with E-state index in [4.69, 9.17) is 15.1 Å². The number of hydrogen-bond acceptors (Lipinski definition) is 5. The third kappa shape index (κ3) is 4.54. The predicted octanol–water partition coefficient (Wildman–Crippen LogP) is 5.56. The van der Waals surface area contributed by atoms with Crippen LogP contribution in [0.5, 0.6) is 0 Å². The topological polar surface area (TPSA) is 65.8 Å². The molecule has 4 rings (SSSR count). The molecule has 1 aliphatic heterocycles. The molecular formula is C25H27N3O2S. The highest BCUT2D eigenvalue weighted by Crippen LogP contribution is 2.35. The summed E-state index contributed by atoms with van der Waals surface area (Å²) in [4.78, 5) is 24.0. The van der Waals surface area contributed by atoms with Crippen LogP contribution in [0.4, 0.5) is 5.69 Å². The zero-order chi connectivity index (χ0) is 21.8. The molecule has 1 aliphatic carbocycles. The highest BCUT2D eigenvalue weighted by Gasteiger charge is 2.14. The smallest absolute Gasteiger partial charge is 0.303 e. The Morgan fingerprint density at radius 2 is 1.84 bits per heavy atom. The quantitative estimate of drug-likeness (QED) is 0.225. The predicted molar refractivity (Wildman–Crippen MR) is 129 cm³/mol. The van der Waals surface area contributed by atoms with Gasteiger partial charge in [-0.05, 0) is 51.0 Å². The third-order valence-corrected chi connectivity index (χ3v) is 6.64. The van der Waals surface area contributed by atoms with Crippen LogP contribution in [0.25, 0.3) is 31.6 Å². The fourth-order valence-corrected chi connectivity index (χ4v) is 4.99. The minimum absolute atomic E-state index is 0.195. The van der Waals surface area contributed by atoms with Crippen LogP contribution in [-0.4, -0.2) is 35.7 Å². The Balaban J connectivity index is 1.81. The van der Waals surface area contributed by atoms with Crippen LogP contribution >= 0.6 is 11.3 Å². The molecule has 0 fully saturated rings. The van der Waals surface area contributed by atoms with E-state index in [-0.39, 0.29) is 6.42 Å². The van der Waals surface area contributed by atoms with Crippen LogP contribution in [0.3, 0.4) is 0 Å². The summed E-state index contributed by atoms with van der Waals surface area (Å²) in [6.45, 7) is 6.92. The molecule has 31 heavy (non-hydrogen) atoms. The molecule has 0 bridgehead atoms. The third-order valence-electron chi connectivity index (χ3n) is 5.56. The molecule has 0 aromatic heterocycles. The van der Waals surface area contributed by atoms with Gasteiger partial charge in [-0.15, -0.1) is 11.3 Å². The van der Waals surface area contributed by atoms with Crippen LogP contribution in [0.15, 0.2) is 53.5 Å². The van der Waals surface area contributed by atoms with Gasteiger partial charge in [0.2, 0.25) is 0 Å². The maximum Gasteiger partial charge on any atom is 0.303 e. The van der Waals surface area contributed by atoms with E-state index in [0.29, 0.717) is 13.0 Å². The molecule has 0 saturated carbocycles. The number of nitrogens with zero attached hydrogens (tertiary/aromatic N) is 3. The van der Waals surface area contributed by atoms with E-state index in [9.17, 15) is 4.79 Å². The van der Waals surface area contributed by atoms with Crippen molar-refractivity contribution in [2.75, 3.05) is 24.5 Å². The Kier molecular flexibility index (Phi) is 6.47. The highest BCUT2D eigenvalue weighted by molar-refractivity contribution is 7.21. The Bertz CT molecular complexity index is 1260. The van der Waals surface area contributed by atoms with Gasteiger partial charge in [0.15, 0.2) is 0 Å². The van der Waals surface area contributed by atoms with E-state index in [2.05, 4.69) is 55.1 Å². The van der Waals surface area contributed by atoms with Crippen molar-refractivity contribution in [3.63, 3.8) is 0 Å². The van der Waals surface area contributed by atoms with Gasteiger partial charge < -0.3 is 10.0 Å². The summed E-state index contributed by atoms with van der Waals surface area (Å²) in [5.41, 5.74) is 3.24. The minimum atomic E-state index is -0.750. The summed E-state index contributed by atoms with van der Waals surface area (Å²) in [6.07, 6.45) is 1.61. The van der Waals surface area contributed by atoms with Crippen molar-refractivity contribution in [2.45, 2.75) is 33.1 Å². The molecular weight excluding hydrogens is 406 g/mol. The molecule has 0 radical (unpaired) electrons. The maximum atomic E-state index is 10.7. The molecule has 0 spiro atoms. The average molecular weight is 434 g/mol. The second kappa shape index (κ2) is 9.43. The summed E-state index contributed by atoms with van der Waals surface area (Å²) < 4.78 is 1.17. The van der Waals surface area contributed by atoms with Crippen molar-refractivity contribution in [3.8, 4) is 10.6 Å². The Hall–Kier alpha value is -2.99. The van der Waals surface area contributed by atoms with Gasteiger partial charge in [-0.25, -0.2) is 4.98 Å². The molecule has 1 heterocycles. The fraction of sp³-hybridized carbons (Fsp3) is 0.320. The monoisotopic (exact) mass is 433 g/mol. The summed E-state index contributed by atoms with van der Waals surface area (Å²) in [5.74, 6) is -0.750. The number of unbranched alkanes of at least 4 members (excludes halogenated alkanes) is 1. The van der Waals surface area contributed by atoms with Gasteiger partial charge in [-0.3, -0.25) is 9.79 Å². The zero-order valence-electron chi connectivity index (χ0n) is 18.0. The summed E-state index contributed by atoms with van der Waals surface area (Å²) in [5, 5.41) is 12.0. The lowest BCUT2D eigenvalue weighted by Crippen LogP contribution is -2.21. The van der Waals surface area contributed by atoms with E-state index in [1.807, 2.05) is 12.1 Å². The number of carboxylic acid groups (broad SMARTS) is 1. The number of fused-ring (bicyclic) bond motifs is 4. The fourth-order valence-electron chi connectivity index (χ4n) is 3.93. The number of benzene rings is 3. The number of hydrogen-bond donors (Lipinski definition) is 1. The Morgan fingerprint density at radius 3 is 2.58 bits per heavy atom. The van der Waals surface area contributed by atoms with Crippen LogP contribution in [0.1, 0.15) is 33.1 Å². The van der Waals surface area contributed by atoms with Crippen LogP contribution < -0.4 is 10.3 Å². The summed E-state index contributed by atoms with van der Waals surface area (Å²) in [7, 11) is 0.